The lowest BCUT2D eigenvalue weighted by molar-refractivity contribution is -0.119. The number of hydrogen-bond donors (Lipinski definition) is 2. The predicted octanol–water partition coefficient (Wildman–Crippen LogP) is 3.30. The van der Waals surface area contributed by atoms with E-state index >= 15 is 0 Å². The van der Waals surface area contributed by atoms with Gasteiger partial charge < -0.3 is 10.6 Å². The molecule has 1 unspecified atom stereocenters. The van der Waals surface area contributed by atoms with Crippen LogP contribution in [0.2, 0.25) is 10.0 Å². The first-order valence-corrected chi connectivity index (χ1v) is 6.79. The number of carbonyl (C=O) groups excluding carboxylic acids is 1. The first-order chi connectivity index (χ1) is 8.08. The van der Waals surface area contributed by atoms with E-state index in [9.17, 15) is 4.79 Å². The minimum Gasteiger partial charge on any atom is -0.323 e. The van der Waals surface area contributed by atoms with Crippen molar-refractivity contribution in [1.29, 1.82) is 0 Å². The maximum Gasteiger partial charge on any atom is 0.228 e. The second-order valence-corrected chi connectivity index (χ2v) is 5.65. The highest BCUT2D eigenvalue weighted by Gasteiger charge is 2.23. The van der Waals surface area contributed by atoms with E-state index in [1.165, 1.54) is 0 Å². The van der Waals surface area contributed by atoms with Crippen molar-refractivity contribution in [3.63, 3.8) is 0 Å². The summed E-state index contributed by atoms with van der Waals surface area (Å²) in [6.45, 7) is 1.58. The van der Waals surface area contributed by atoms with E-state index in [2.05, 4.69) is 26.6 Å². The fourth-order valence-electron chi connectivity index (χ4n) is 1.77. The zero-order valence-electron chi connectivity index (χ0n) is 8.90. The molecule has 1 aromatic rings. The molecule has 6 heteroatoms. The SMILES string of the molecule is O=C(Nc1c(Cl)cc(Br)cc1Cl)C1CCNC1. The van der Waals surface area contributed by atoms with Gasteiger partial charge in [0.25, 0.3) is 0 Å². The van der Waals surface area contributed by atoms with Crippen molar-refractivity contribution in [2.24, 2.45) is 5.92 Å². The zero-order valence-corrected chi connectivity index (χ0v) is 12.0. The number of carbonyl (C=O) groups is 1. The van der Waals surface area contributed by atoms with Crippen LogP contribution in [0, 0.1) is 5.92 Å². The van der Waals surface area contributed by atoms with Crippen LogP contribution in [0.3, 0.4) is 0 Å². The smallest absolute Gasteiger partial charge is 0.228 e. The molecule has 0 saturated carbocycles. The van der Waals surface area contributed by atoms with Crippen LogP contribution in [0.1, 0.15) is 6.42 Å². The van der Waals surface area contributed by atoms with E-state index in [0.29, 0.717) is 22.3 Å². The Bertz CT molecular complexity index is 424. The summed E-state index contributed by atoms with van der Waals surface area (Å²) in [5.41, 5.74) is 0.480. The Morgan fingerprint density at radius 3 is 2.59 bits per heavy atom. The maximum atomic E-state index is 11.9. The van der Waals surface area contributed by atoms with Gasteiger partial charge in [0, 0.05) is 11.0 Å². The molecule has 1 aliphatic heterocycles. The summed E-state index contributed by atoms with van der Waals surface area (Å²) in [6, 6.07) is 3.41. The van der Waals surface area contributed by atoms with Gasteiger partial charge in [0.05, 0.1) is 21.7 Å². The molecule has 0 aliphatic carbocycles. The van der Waals surface area contributed by atoms with E-state index in [1.807, 2.05) is 0 Å². The minimum absolute atomic E-state index is 0.00854. The van der Waals surface area contributed by atoms with Crippen LogP contribution >= 0.6 is 39.1 Å². The van der Waals surface area contributed by atoms with E-state index in [1.54, 1.807) is 12.1 Å². The van der Waals surface area contributed by atoms with Crippen LogP contribution in [0.25, 0.3) is 0 Å². The molecule has 92 valence electrons. The second-order valence-electron chi connectivity index (χ2n) is 3.92. The molecular weight excluding hydrogens is 327 g/mol. The third kappa shape index (κ3) is 3.13. The molecule has 2 N–H and O–H groups in total. The van der Waals surface area contributed by atoms with Gasteiger partial charge in [0.15, 0.2) is 0 Å². The number of amides is 1. The molecule has 0 spiro atoms. The molecular formula is C11H11BrCl2N2O. The summed E-state index contributed by atoms with van der Waals surface area (Å²) in [7, 11) is 0. The summed E-state index contributed by atoms with van der Waals surface area (Å²) in [6.07, 6.45) is 0.845. The fraction of sp³-hybridized carbons (Fsp3) is 0.364. The topological polar surface area (TPSA) is 41.1 Å². The van der Waals surface area contributed by atoms with Gasteiger partial charge in [0.2, 0.25) is 5.91 Å². The van der Waals surface area contributed by atoms with Gasteiger partial charge in [0.1, 0.15) is 0 Å². The van der Waals surface area contributed by atoms with Crippen LogP contribution in [0.5, 0.6) is 0 Å². The van der Waals surface area contributed by atoms with Gasteiger partial charge in [-0.1, -0.05) is 39.1 Å². The first kappa shape index (κ1) is 13.1. The van der Waals surface area contributed by atoms with Gasteiger partial charge in [-0.3, -0.25) is 4.79 Å². The summed E-state index contributed by atoms with van der Waals surface area (Å²) < 4.78 is 0.785. The van der Waals surface area contributed by atoms with E-state index in [-0.39, 0.29) is 11.8 Å². The Morgan fingerprint density at radius 2 is 2.06 bits per heavy atom. The van der Waals surface area contributed by atoms with E-state index in [0.717, 1.165) is 17.4 Å². The van der Waals surface area contributed by atoms with Gasteiger partial charge in [-0.05, 0) is 25.1 Å². The zero-order chi connectivity index (χ0) is 12.4. The quantitative estimate of drug-likeness (QED) is 0.869. The summed E-state index contributed by atoms with van der Waals surface area (Å²) >= 11 is 15.4. The van der Waals surface area contributed by atoms with Crippen molar-refractivity contribution in [2.75, 3.05) is 18.4 Å². The molecule has 1 aliphatic rings. The molecule has 3 nitrogen and oxygen atoms in total. The Morgan fingerprint density at radius 1 is 1.41 bits per heavy atom. The van der Waals surface area contributed by atoms with Crippen molar-refractivity contribution in [2.45, 2.75) is 6.42 Å². The third-order valence-corrected chi connectivity index (χ3v) is 3.74. The molecule has 0 aromatic heterocycles. The lowest BCUT2D eigenvalue weighted by Crippen LogP contribution is -2.24. The molecule has 0 radical (unpaired) electrons. The van der Waals surface area contributed by atoms with Gasteiger partial charge in [-0.2, -0.15) is 0 Å². The standard InChI is InChI=1S/C11H11BrCl2N2O/c12-7-3-8(13)10(9(14)4-7)16-11(17)6-1-2-15-5-6/h3-4,6,15H,1-2,5H2,(H,16,17). The Balaban J connectivity index is 2.15. The molecule has 0 bridgehead atoms. The number of benzene rings is 1. The van der Waals surface area contributed by atoms with Crippen LogP contribution in [-0.4, -0.2) is 19.0 Å². The molecule has 17 heavy (non-hydrogen) atoms. The van der Waals surface area contributed by atoms with Crippen molar-refractivity contribution in [3.8, 4) is 0 Å². The number of halogens is 3. The highest BCUT2D eigenvalue weighted by molar-refractivity contribution is 9.10. The molecule has 1 heterocycles. The highest BCUT2D eigenvalue weighted by Crippen LogP contribution is 2.34. The fourth-order valence-corrected chi connectivity index (χ4v) is 3.07. The monoisotopic (exact) mass is 336 g/mol. The lowest BCUT2D eigenvalue weighted by Gasteiger charge is -2.13. The van der Waals surface area contributed by atoms with Gasteiger partial charge in [-0.25, -0.2) is 0 Å². The van der Waals surface area contributed by atoms with Crippen LogP contribution < -0.4 is 10.6 Å². The highest BCUT2D eigenvalue weighted by atomic mass is 79.9. The molecule has 1 amide bonds. The summed E-state index contributed by atoms with van der Waals surface area (Å²) in [4.78, 5) is 11.9. The van der Waals surface area contributed by atoms with Crippen molar-refractivity contribution in [1.82, 2.24) is 5.32 Å². The Kier molecular flexibility index (Phi) is 4.31. The molecule has 1 atom stereocenters. The van der Waals surface area contributed by atoms with Crippen LogP contribution in [0.4, 0.5) is 5.69 Å². The second kappa shape index (κ2) is 5.57. The van der Waals surface area contributed by atoms with E-state index in [4.69, 9.17) is 23.2 Å². The maximum absolute atomic E-state index is 11.9. The normalized spacial score (nSPS) is 19.4. The first-order valence-electron chi connectivity index (χ1n) is 5.24. The molecule has 1 aromatic carbocycles. The number of anilines is 1. The number of hydrogen-bond acceptors (Lipinski definition) is 2. The Labute approximate surface area is 118 Å². The third-order valence-electron chi connectivity index (χ3n) is 2.69. The summed E-state index contributed by atoms with van der Waals surface area (Å²) in [5, 5.41) is 6.79. The molecule has 2 rings (SSSR count). The Hall–Kier alpha value is -0.290. The lowest BCUT2D eigenvalue weighted by atomic mass is 10.1. The number of rotatable bonds is 2. The van der Waals surface area contributed by atoms with Crippen molar-refractivity contribution >= 4 is 50.7 Å². The molecule has 1 saturated heterocycles. The average molecular weight is 338 g/mol. The van der Waals surface area contributed by atoms with Crippen LogP contribution in [-0.2, 0) is 4.79 Å². The number of nitrogens with one attached hydrogen (secondary N) is 2. The van der Waals surface area contributed by atoms with E-state index < -0.39 is 0 Å². The van der Waals surface area contributed by atoms with Crippen LogP contribution in [0.15, 0.2) is 16.6 Å². The average Bonchev–Trinajstić information content (AvgIpc) is 2.76. The van der Waals surface area contributed by atoms with Gasteiger partial charge >= 0.3 is 0 Å². The van der Waals surface area contributed by atoms with Crippen molar-refractivity contribution < 1.29 is 4.79 Å². The largest absolute Gasteiger partial charge is 0.323 e. The molecule has 1 fully saturated rings. The summed E-state index contributed by atoms with van der Waals surface area (Å²) in [5.74, 6) is -0.0492. The predicted molar refractivity (Wildman–Crippen MR) is 73.8 cm³/mol. The van der Waals surface area contributed by atoms with Gasteiger partial charge in [-0.15, -0.1) is 0 Å². The van der Waals surface area contributed by atoms with Crippen molar-refractivity contribution in [3.05, 3.63) is 26.7 Å². The minimum atomic E-state index is -0.0406.